The van der Waals surface area contributed by atoms with E-state index in [1.807, 2.05) is 31.2 Å². The van der Waals surface area contributed by atoms with E-state index in [0.29, 0.717) is 5.28 Å². The van der Waals surface area contributed by atoms with Gasteiger partial charge in [-0.2, -0.15) is 4.37 Å². The lowest BCUT2D eigenvalue weighted by Gasteiger charge is -1.98. The van der Waals surface area contributed by atoms with Gasteiger partial charge in [-0.3, -0.25) is 0 Å². The van der Waals surface area contributed by atoms with Crippen LogP contribution in [0, 0.1) is 6.92 Å². The first-order chi connectivity index (χ1) is 6.27. The Morgan fingerprint density at radius 3 is 2.69 bits per heavy atom. The number of hydrogen-bond donors (Lipinski definition) is 0. The molecule has 0 N–H and O–H groups in total. The minimum absolute atomic E-state index is 0.322. The Morgan fingerprint density at radius 1 is 1.31 bits per heavy atom. The van der Waals surface area contributed by atoms with Gasteiger partial charge in [0.25, 0.3) is 0 Å². The summed E-state index contributed by atoms with van der Waals surface area (Å²) in [6.45, 7) is 2.05. The highest BCUT2D eigenvalue weighted by Gasteiger charge is 2.06. The van der Waals surface area contributed by atoms with Gasteiger partial charge in [-0.05, 0) is 35.6 Å². The summed E-state index contributed by atoms with van der Waals surface area (Å²) < 4.78 is 3.93. The number of aromatic nitrogens is 2. The van der Waals surface area contributed by atoms with Gasteiger partial charge < -0.3 is 0 Å². The average molecular weight is 211 g/mol. The third kappa shape index (κ3) is 1.71. The lowest BCUT2D eigenvalue weighted by atomic mass is 10.1. The Balaban J connectivity index is 2.52. The molecule has 0 aliphatic rings. The molecule has 2 aromatic rings. The highest BCUT2D eigenvalue weighted by Crippen LogP contribution is 2.25. The first-order valence-corrected chi connectivity index (χ1v) is 4.98. The van der Waals surface area contributed by atoms with E-state index in [4.69, 9.17) is 11.6 Å². The molecule has 1 heterocycles. The summed E-state index contributed by atoms with van der Waals surface area (Å²) in [4.78, 5) is 4.11. The van der Waals surface area contributed by atoms with E-state index < -0.39 is 0 Å². The second-order valence-corrected chi connectivity index (χ2v) is 3.77. The molecule has 0 aliphatic heterocycles. The Kier molecular flexibility index (Phi) is 2.29. The molecule has 1 aromatic carbocycles. The smallest absolute Gasteiger partial charge is 0.205 e. The molecule has 0 amide bonds. The van der Waals surface area contributed by atoms with Crippen LogP contribution in [0.4, 0.5) is 0 Å². The Labute approximate surface area is 85.4 Å². The van der Waals surface area contributed by atoms with Crippen LogP contribution in [0.5, 0.6) is 0 Å². The lowest BCUT2D eigenvalue weighted by molar-refractivity contribution is 1.32. The van der Waals surface area contributed by atoms with Crippen molar-refractivity contribution in [2.75, 3.05) is 0 Å². The van der Waals surface area contributed by atoms with Crippen molar-refractivity contribution >= 4 is 23.1 Å². The maximum atomic E-state index is 5.65. The van der Waals surface area contributed by atoms with E-state index in [-0.39, 0.29) is 0 Å². The summed E-state index contributed by atoms with van der Waals surface area (Å²) >= 11 is 6.97. The van der Waals surface area contributed by atoms with Crippen molar-refractivity contribution < 1.29 is 0 Å². The molecular formula is C9H7ClN2S. The molecule has 0 atom stereocenters. The SMILES string of the molecule is Cc1ccccc1-c1nc(Cl)ns1. The summed E-state index contributed by atoms with van der Waals surface area (Å²) in [5, 5.41) is 1.20. The molecule has 1 aromatic heterocycles. The van der Waals surface area contributed by atoms with E-state index in [9.17, 15) is 0 Å². The van der Waals surface area contributed by atoms with Crippen LogP contribution in [-0.4, -0.2) is 9.36 Å². The monoisotopic (exact) mass is 210 g/mol. The predicted molar refractivity (Wildman–Crippen MR) is 55.1 cm³/mol. The molecule has 4 heteroatoms. The van der Waals surface area contributed by atoms with Crippen LogP contribution in [0.1, 0.15) is 5.56 Å². The fourth-order valence-electron chi connectivity index (χ4n) is 1.13. The number of rotatable bonds is 1. The van der Waals surface area contributed by atoms with Crippen molar-refractivity contribution in [1.82, 2.24) is 9.36 Å². The van der Waals surface area contributed by atoms with E-state index in [0.717, 1.165) is 10.6 Å². The third-order valence-electron chi connectivity index (χ3n) is 1.78. The molecule has 0 saturated heterocycles. The number of hydrogen-bond acceptors (Lipinski definition) is 3. The maximum absolute atomic E-state index is 5.65. The summed E-state index contributed by atoms with van der Waals surface area (Å²) in [5.41, 5.74) is 2.29. The normalized spacial score (nSPS) is 10.3. The summed E-state index contributed by atoms with van der Waals surface area (Å²) in [6.07, 6.45) is 0. The summed E-state index contributed by atoms with van der Waals surface area (Å²) in [6, 6.07) is 8.05. The van der Waals surface area contributed by atoms with Crippen molar-refractivity contribution in [1.29, 1.82) is 0 Å². The number of benzene rings is 1. The number of aryl methyl sites for hydroxylation is 1. The van der Waals surface area contributed by atoms with Crippen molar-refractivity contribution in [3.8, 4) is 10.6 Å². The molecule has 0 aliphatic carbocycles. The van der Waals surface area contributed by atoms with Gasteiger partial charge in [-0.1, -0.05) is 24.3 Å². The Hall–Kier alpha value is -0.930. The summed E-state index contributed by atoms with van der Waals surface area (Å²) in [7, 11) is 0. The largest absolute Gasteiger partial charge is 0.234 e. The highest BCUT2D eigenvalue weighted by atomic mass is 35.5. The topological polar surface area (TPSA) is 25.8 Å². The standard InChI is InChI=1S/C9H7ClN2S/c1-6-4-2-3-5-7(6)8-11-9(10)12-13-8/h2-5H,1H3. The lowest BCUT2D eigenvalue weighted by Crippen LogP contribution is -1.80. The zero-order chi connectivity index (χ0) is 9.26. The van der Waals surface area contributed by atoms with Crippen LogP contribution in [0.3, 0.4) is 0 Å². The van der Waals surface area contributed by atoms with E-state index in [2.05, 4.69) is 9.36 Å². The quantitative estimate of drug-likeness (QED) is 0.723. The predicted octanol–water partition coefficient (Wildman–Crippen LogP) is 3.17. The summed E-state index contributed by atoms with van der Waals surface area (Å²) in [5.74, 6) is 0. The number of halogens is 1. The van der Waals surface area contributed by atoms with E-state index in [1.165, 1.54) is 17.1 Å². The molecular weight excluding hydrogens is 204 g/mol. The Bertz CT molecular complexity index is 425. The second-order valence-electron chi connectivity index (χ2n) is 2.68. The molecule has 0 unspecified atom stereocenters. The van der Waals surface area contributed by atoms with Gasteiger partial charge in [0.05, 0.1) is 0 Å². The van der Waals surface area contributed by atoms with Crippen LogP contribution >= 0.6 is 23.1 Å². The van der Waals surface area contributed by atoms with E-state index in [1.54, 1.807) is 0 Å². The maximum Gasteiger partial charge on any atom is 0.234 e. The van der Waals surface area contributed by atoms with Crippen molar-refractivity contribution in [3.05, 3.63) is 35.1 Å². The molecule has 2 nitrogen and oxygen atoms in total. The van der Waals surface area contributed by atoms with Crippen molar-refractivity contribution in [2.24, 2.45) is 0 Å². The molecule has 0 saturated carbocycles. The van der Waals surface area contributed by atoms with Gasteiger partial charge in [-0.25, -0.2) is 4.98 Å². The molecule has 2 rings (SSSR count). The molecule has 13 heavy (non-hydrogen) atoms. The molecule has 0 fully saturated rings. The van der Waals surface area contributed by atoms with Gasteiger partial charge in [0.1, 0.15) is 5.01 Å². The zero-order valence-electron chi connectivity index (χ0n) is 6.99. The Morgan fingerprint density at radius 2 is 2.08 bits per heavy atom. The van der Waals surface area contributed by atoms with Crippen LogP contribution in [0.15, 0.2) is 24.3 Å². The first-order valence-electron chi connectivity index (χ1n) is 3.82. The highest BCUT2D eigenvalue weighted by molar-refractivity contribution is 7.09. The molecule has 0 radical (unpaired) electrons. The van der Waals surface area contributed by atoms with Gasteiger partial charge in [0.15, 0.2) is 0 Å². The van der Waals surface area contributed by atoms with Crippen molar-refractivity contribution in [3.63, 3.8) is 0 Å². The van der Waals surface area contributed by atoms with Gasteiger partial charge in [-0.15, -0.1) is 0 Å². The zero-order valence-corrected chi connectivity index (χ0v) is 8.56. The van der Waals surface area contributed by atoms with Gasteiger partial charge >= 0.3 is 0 Å². The van der Waals surface area contributed by atoms with Crippen LogP contribution in [0.25, 0.3) is 10.6 Å². The first kappa shape index (κ1) is 8.66. The fourth-order valence-corrected chi connectivity index (χ4v) is 2.02. The van der Waals surface area contributed by atoms with Crippen LogP contribution < -0.4 is 0 Å². The van der Waals surface area contributed by atoms with Crippen LogP contribution in [0.2, 0.25) is 5.28 Å². The molecule has 66 valence electrons. The molecule has 0 spiro atoms. The van der Waals surface area contributed by atoms with Gasteiger partial charge in [0.2, 0.25) is 5.28 Å². The average Bonchev–Trinajstić information content (AvgIpc) is 2.53. The number of nitrogens with zero attached hydrogens (tertiary/aromatic N) is 2. The molecule has 0 bridgehead atoms. The van der Waals surface area contributed by atoms with Gasteiger partial charge in [0, 0.05) is 5.56 Å². The minimum atomic E-state index is 0.322. The van der Waals surface area contributed by atoms with Crippen LogP contribution in [-0.2, 0) is 0 Å². The van der Waals surface area contributed by atoms with E-state index >= 15 is 0 Å². The fraction of sp³-hybridized carbons (Fsp3) is 0.111. The third-order valence-corrected chi connectivity index (χ3v) is 2.79. The minimum Gasteiger partial charge on any atom is -0.205 e. The van der Waals surface area contributed by atoms with Crippen molar-refractivity contribution in [2.45, 2.75) is 6.92 Å². The second kappa shape index (κ2) is 3.44.